The Morgan fingerprint density at radius 2 is 1.83 bits per heavy atom. The van der Waals surface area contributed by atoms with Gasteiger partial charge in [0.15, 0.2) is 0 Å². The molecule has 1 unspecified atom stereocenters. The Bertz CT molecular complexity index is 901. The van der Waals surface area contributed by atoms with Crippen LogP contribution in [0.1, 0.15) is 33.6 Å². The van der Waals surface area contributed by atoms with Gasteiger partial charge >= 0.3 is 0 Å². The Hall–Kier alpha value is -2.06. The molecule has 1 amide bonds. The van der Waals surface area contributed by atoms with E-state index in [1.54, 1.807) is 35.7 Å². The van der Waals surface area contributed by atoms with Crippen molar-refractivity contribution in [1.82, 2.24) is 9.21 Å². The van der Waals surface area contributed by atoms with E-state index < -0.39 is 10.0 Å². The first-order valence-corrected chi connectivity index (χ1v) is 12.0. The lowest BCUT2D eigenvalue weighted by Gasteiger charge is -2.36. The Morgan fingerprint density at radius 3 is 2.43 bits per heavy atom. The number of carbonyl (C=O) groups is 1. The van der Waals surface area contributed by atoms with Crippen LogP contribution in [0, 0.1) is 5.92 Å². The van der Waals surface area contributed by atoms with Crippen LogP contribution in [0.2, 0.25) is 0 Å². The van der Waals surface area contributed by atoms with Gasteiger partial charge in [0, 0.05) is 45.3 Å². The van der Waals surface area contributed by atoms with Gasteiger partial charge < -0.3 is 14.5 Å². The average molecular weight is 436 g/mol. The summed E-state index contributed by atoms with van der Waals surface area (Å²) in [4.78, 5) is 16.5. The summed E-state index contributed by atoms with van der Waals surface area (Å²) in [6.45, 7) is 9.48. The van der Waals surface area contributed by atoms with Crippen molar-refractivity contribution in [2.24, 2.45) is 5.92 Å². The predicted molar refractivity (Wildman–Crippen MR) is 118 cm³/mol. The second kappa shape index (κ2) is 9.39. The van der Waals surface area contributed by atoms with Crippen LogP contribution >= 0.6 is 0 Å². The van der Waals surface area contributed by atoms with Crippen LogP contribution in [-0.4, -0.2) is 69.9 Å². The summed E-state index contributed by atoms with van der Waals surface area (Å²) in [7, 11) is -1.95. The third-order valence-corrected chi connectivity index (χ3v) is 7.61. The van der Waals surface area contributed by atoms with Gasteiger partial charge in [0.05, 0.1) is 17.7 Å². The molecule has 2 fully saturated rings. The Morgan fingerprint density at radius 1 is 1.13 bits per heavy atom. The fourth-order valence-electron chi connectivity index (χ4n) is 4.10. The number of hydrogen-bond donors (Lipinski definition) is 0. The molecular formula is C22H33N3O4S. The Balaban J connectivity index is 1.80. The van der Waals surface area contributed by atoms with Gasteiger partial charge in [-0.15, -0.1) is 0 Å². The SMILES string of the molecule is COc1ccc(S(=O)(=O)N2CCCC(C)C2)cc1N1CCN(C(=O)C=C(C)C)CC1. The molecule has 8 heteroatoms. The van der Waals surface area contributed by atoms with E-state index in [1.807, 2.05) is 18.7 Å². The molecule has 3 rings (SSSR count). The Kier molecular flexibility index (Phi) is 7.08. The number of carbonyl (C=O) groups excluding carboxylic acids is 1. The minimum atomic E-state index is -3.54. The predicted octanol–water partition coefficient (Wildman–Crippen LogP) is 2.73. The molecule has 1 aromatic carbocycles. The van der Waals surface area contributed by atoms with Gasteiger partial charge in [-0.1, -0.05) is 12.5 Å². The van der Waals surface area contributed by atoms with Gasteiger partial charge in [0.25, 0.3) is 0 Å². The summed E-state index contributed by atoms with van der Waals surface area (Å²) in [6.07, 6.45) is 3.61. The minimum absolute atomic E-state index is 0.0251. The highest BCUT2D eigenvalue weighted by atomic mass is 32.2. The molecule has 2 aliphatic rings. The zero-order valence-corrected chi connectivity index (χ0v) is 19.2. The summed E-state index contributed by atoms with van der Waals surface area (Å²) in [5.74, 6) is 1.04. The maximum absolute atomic E-state index is 13.2. The summed E-state index contributed by atoms with van der Waals surface area (Å²) in [5.41, 5.74) is 1.74. The number of nitrogens with zero attached hydrogens (tertiary/aromatic N) is 3. The third kappa shape index (κ3) is 4.98. The number of amides is 1. The van der Waals surface area contributed by atoms with E-state index in [0.29, 0.717) is 55.8 Å². The molecular weight excluding hydrogens is 402 g/mol. The molecule has 1 aromatic rings. The van der Waals surface area contributed by atoms with Crippen LogP contribution in [0.25, 0.3) is 0 Å². The topological polar surface area (TPSA) is 70.2 Å². The fraction of sp³-hybridized carbons (Fsp3) is 0.591. The van der Waals surface area contributed by atoms with Crippen molar-refractivity contribution in [3.05, 3.63) is 29.8 Å². The van der Waals surface area contributed by atoms with Gasteiger partial charge in [-0.2, -0.15) is 4.31 Å². The second-order valence-corrected chi connectivity index (χ2v) is 10.4. The van der Waals surface area contributed by atoms with Crippen LogP contribution in [0.4, 0.5) is 5.69 Å². The highest BCUT2D eigenvalue weighted by Crippen LogP contribution is 2.33. The van der Waals surface area contributed by atoms with E-state index in [4.69, 9.17) is 4.74 Å². The number of methoxy groups -OCH3 is 1. The number of sulfonamides is 1. The number of allylic oxidation sites excluding steroid dienone is 1. The summed E-state index contributed by atoms with van der Waals surface area (Å²) in [6, 6.07) is 5.09. The van der Waals surface area contributed by atoms with Crippen molar-refractivity contribution >= 4 is 21.6 Å². The molecule has 2 saturated heterocycles. The summed E-state index contributed by atoms with van der Waals surface area (Å²) in [5, 5.41) is 0. The minimum Gasteiger partial charge on any atom is -0.495 e. The molecule has 2 heterocycles. The third-order valence-electron chi connectivity index (χ3n) is 5.75. The van der Waals surface area contributed by atoms with Crippen LogP contribution < -0.4 is 9.64 Å². The molecule has 0 radical (unpaired) electrons. The van der Waals surface area contributed by atoms with E-state index in [2.05, 4.69) is 11.8 Å². The number of benzene rings is 1. The van der Waals surface area contributed by atoms with Gasteiger partial charge in [-0.3, -0.25) is 4.79 Å². The molecule has 0 N–H and O–H groups in total. The van der Waals surface area contributed by atoms with Crippen molar-refractivity contribution in [3.63, 3.8) is 0 Å². The number of piperidine rings is 1. The van der Waals surface area contributed by atoms with Crippen LogP contribution in [-0.2, 0) is 14.8 Å². The molecule has 0 aromatic heterocycles. The monoisotopic (exact) mass is 435 g/mol. The van der Waals surface area contributed by atoms with Gasteiger partial charge in [0.1, 0.15) is 5.75 Å². The highest BCUT2D eigenvalue weighted by molar-refractivity contribution is 7.89. The lowest BCUT2D eigenvalue weighted by molar-refractivity contribution is -0.126. The summed E-state index contributed by atoms with van der Waals surface area (Å²) >= 11 is 0. The molecule has 0 spiro atoms. The van der Waals surface area contributed by atoms with Crippen LogP contribution in [0.5, 0.6) is 5.75 Å². The maximum Gasteiger partial charge on any atom is 0.246 e. The van der Waals surface area contributed by atoms with E-state index in [0.717, 1.165) is 24.1 Å². The number of rotatable bonds is 5. The average Bonchev–Trinajstić information content (AvgIpc) is 2.73. The maximum atomic E-state index is 13.2. The number of hydrogen-bond acceptors (Lipinski definition) is 5. The van der Waals surface area contributed by atoms with E-state index >= 15 is 0 Å². The van der Waals surface area contributed by atoms with Crippen molar-refractivity contribution in [1.29, 1.82) is 0 Å². The van der Waals surface area contributed by atoms with Crippen LogP contribution in [0.15, 0.2) is 34.7 Å². The van der Waals surface area contributed by atoms with E-state index in [9.17, 15) is 13.2 Å². The van der Waals surface area contributed by atoms with Crippen molar-refractivity contribution < 1.29 is 17.9 Å². The molecule has 1 atom stereocenters. The molecule has 0 bridgehead atoms. The zero-order valence-electron chi connectivity index (χ0n) is 18.4. The van der Waals surface area contributed by atoms with Gasteiger partial charge in [-0.05, 0) is 50.8 Å². The molecule has 0 saturated carbocycles. The van der Waals surface area contributed by atoms with Crippen molar-refractivity contribution in [2.75, 3.05) is 51.3 Å². The standard InChI is InChI=1S/C22H33N3O4S/c1-17(2)14-22(26)24-12-10-23(11-13-24)20-15-19(7-8-21(20)29-4)30(27,28)25-9-5-6-18(3)16-25/h7-8,14-15,18H,5-6,9-13,16H2,1-4H3. The highest BCUT2D eigenvalue weighted by Gasteiger charge is 2.30. The van der Waals surface area contributed by atoms with Crippen molar-refractivity contribution in [2.45, 2.75) is 38.5 Å². The quantitative estimate of drug-likeness (QED) is 0.665. The summed E-state index contributed by atoms with van der Waals surface area (Å²) < 4.78 is 33.6. The van der Waals surface area contributed by atoms with Crippen molar-refractivity contribution in [3.8, 4) is 5.75 Å². The fourth-order valence-corrected chi connectivity index (χ4v) is 5.72. The lowest BCUT2D eigenvalue weighted by Crippen LogP contribution is -2.48. The first kappa shape index (κ1) is 22.6. The number of piperazine rings is 1. The molecule has 2 aliphatic heterocycles. The lowest BCUT2D eigenvalue weighted by atomic mass is 10.0. The number of ether oxygens (including phenoxy) is 1. The van der Waals surface area contributed by atoms with E-state index in [1.165, 1.54) is 0 Å². The van der Waals surface area contributed by atoms with Crippen LogP contribution in [0.3, 0.4) is 0 Å². The number of anilines is 1. The second-order valence-electron chi connectivity index (χ2n) is 8.48. The Labute approximate surface area is 180 Å². The molecule has 166 valence electrons. The van der Waals surface area contributed by atoms with E-state index in [-0.39, 0.29) is 5.91 Å². The first-order chi connectivity index (χ1) is 14.2. The zero-order chi connectivity index (χ0) is 21.9. The molecule has 7 nitrogen and oxygen atoms in total. The molecule has 30 heavy (non-hydrogen) atoms. The molecule has 0 aliphatic carbocycles. The van der Waals surface area contributed by atoms with Gasteiger partial charge in [-0.25, -0.2) is 8.42 Å². The first-order valence-electron chi connectivity index (χ1n) is 10.6. The largest absolute Gasteiger partial charge is 0.495 e. The van der Waals surface area contributed by atoms with Gasteiger partial charge in [0.2, 0.25) is 15.9 Å². The smallest absolute Gasteiger partial charge is 0.246 e. The normalized spacial score (nSPS) is 20.7.